The van der Waals surface area contributed by atoms with Gasteiger partial charge in [0.05, 0.1) is 12.4 Å². The normalized spacial score (nSPS) is 12.2. The van der Waals surface area contributed by atoms with Gasteiger partial charge >= 0.3 is 0 Å². The average molecular weight is 482 g/mol. The number of nitrogens with one attached hydrogen (secondary N) is 1. The van der Waals surface area contributed by atoms with Crippen molar-refractivity contribution >= 4 is 29.3 Å². The van der Waals surface area contributed by atoms with Crippen LogP contribution in [-0.4, -0.2) is 51.0 Å². The van der Waals surface area contributed by atoms with E-state index in [-0.39, 0.29) is 18.4 Å². The van der Waals surface area contributed by atoms with Crippen LogP contribution in [0.5, 0.6) is 5.75 Å². The van der Waals surface area contributed by atoms with Crippen LogP contribution in [0.25, 0.3) is 11.4 Å². The molecule has 2 aromatic carbocycles. The number of carbonyl (C=O) groups is 2. The second-order valence-electron chi connectivity index (χ2n) is 8.91. The zero-order valence-corrected chi connectivity index (χ0v) is 21.2. The maximum Gasteiger partial charge on any atom is 0.240 e. The predicted octanol–water partition coefficient (Wildman–Crippen LogP) is 3.92. The highest BCUT2D eigenvalue weighted by molar-refractivity contribution is 8.00. The van der Waals surface area contributed by atoms with Gasteiger partial charge in [-0.1, -0.05) is 42.1 Å². The second kappa shape index (κ2) is 10.7. The van der Waals surface area contributed by atoms with Crippen molar-refractivity contribution in [3.05, 3.63) is 54.6 Å². The molecule has 34 heavy (non-hydrogen) atoms. The highest BCUT2D eigenvalue weighted by Gasteiger charge is 2.28. The van der Waals surface area contributed by atoms with Gasteiger partial charge in [-0.25, -0.2) is 0 Å². The third-order valence-corrected chi connectivity index (χ3v) is 6.08. The number of hydrogen-bond donors (Lipinski definition) is 1. The van der Waals surface area contributed by atoms with Crippen molar-refractivity contribution < 1.29 is 14.3 Å². The topological polar surface area (TPSA) is 89.3 Å². The van der Waals surface area contributed by atoms with E-state index in [4.69, 9.17) is 4.74 Å². The number of aromatic nitrogens is 3. The van der Waals surface area contributed by atoms with Crippen LogP contribution in [0, 0.1) is 0 Å². The Kier molecular flexibility index (Phi) is 7.98. The number of methoxy groups -OCH3 is 1. The average Bonchev–Trinajstić information content (AvgIpc) is 3.16. The summed E-state index contributed by atoms with van der Waals surface area (Å²) in [7, 11) is 3.46. The van der Waals surface area contributed by atoms with Gasteiger partial charge in [0, 0.05) is 23.8 Å². The number of carbonyl (C=O) groups excluding carboxylic acids is 2. The summed E-state index contributed by atoms with van der Waals surface area (Å²) in [5.74, 6) is 0.951. The molecule has 8 nitrogen and oxygen atoms in total. The lowest BCUT2D eigenvalue weighted by atomic mass is 10.1. The minimum atomic E-state index is -0.504. The van der Waals surface area contributed by atoms with E-state index in [2.05, 4.69) is 15.5 Å². The summed E-state index contributed by atoms with van der Waals surface area (Å²) in [6, 6.07) is 16.8. The third-order valence-electron chi connectivity index (χ3n) is 4.96. The van der Waals surface area contributed by atoms with E-state index < -0.39 is 10.8 Å². The summed E-state index contributed by atoms with van der Waals surface area (Å²) in [5, 5.41) is 11.6. The summed E-state index contributed by atoms with van der Waals surface area (Å²) < 4.78 is 7.10. The van der Waals surface area contributed by atoms with Crippen LogP contribution in [0.1, 0.15) is 27.7 Å². The largest absolute Gasteiger partial charge is 0.497 e. The van der Waals surface area contributed by atoms with Crippen LogP contribution in [0.2, 0.25) is 0 Å². The van der Waals surface area contributed by atoms with E-state index in [0.29, 0.717) is 16.6 Å². The van der Waals surface area contributed by atoms with Crippen LogP contribution in [-0.2, 0) is 16.6 Å². The fourth-order valence-electron chi connectivity index (χ4n) is 3.34. The van der Waals surface area contributed by atoms with Gasteiger partial charge in [0.15, 0.2) is 11.0 Å². The molecule has 0 saturated heterocycles. The smallest absolute Gasteiger partial charge is 0.240 e. The Balaban J connectivity index is 1.82. The van der Waals surface area contributed by atoms with Crippen LogP contribution in [0.15, 0.2) is 59.8 Å². The Morgan fingerprint density at radius 1 is 1.09 bits per heavy atom. The van der Waals surface area contributed by atoms with E-state index in [1.165, 1.54) is 16.7 Å². The van der Waals surface area contributed by atoms with Crippen molar-refractivity contribution in [3.63, 3.8) is 0 Å². The van der Waals surface area contributed by atoms with Crippen molar-refractivity contribution in [3.8, 4) is 17.1 Å². The van der Waals surface area contributed by atoms with Gasteiger partial charge < -0.3 is 19.5 Å². The fourth-order valence-corrected chi connectivity index (χ4v) is 4.22. The molecule has 180 valence electrons. The lowest BCUT2D eigenvalue weighted by Gasteiger charge is -2.27. The minimum absolute atomic E-state index is 0.0958. The first-order chi connectivity index (χ1) is 16.1. The third kappa shape index (κ3) is 6.38. The van der Waals surface area contributed by atoms with Crippen LogP contribution < -0.4 is 15.0 Å². The van der Waals surface area contributed by atoms with E-state index in [1.54, 1.807) is 31.4 Å². The number of benzene rings is 2. The molecule has 9 heteroatoms. The molecule has 0 saturated carbocycles. The number of ether oxygens (including phenoxy) is 1. The molecule has 3 rings (SSSR count). The molecule has 0 spiro atoms. The number of nitrogens with zero attached hydrogens (tertiary/aromatic N) is 4. The Hall–Kier alpha value is -3.33. The summed E-state index contributed by atoms with van der Waals surface area (Å²) in [5.41, 5.74) is 1.16. The van der Waals surface area contributed by atoms with E-state index in [9.17, 15) is 9.59 Å². The zero-order valence-electron chi connectivity index (χ0n) is 20.4. The predicted molar refractivity (Wildman–Crippen MR) is 135 cm³/mol. The van der Waals surface area contributed by atoms with Crippen molar-refractivity contribution in [1.29, 1.82) is 0 Å². The monoisotopic (exact) mass is 481 g/mol. The first-order valence-electron chi connectivity index (χ1n) is 11.0. The van der Waals surface area contributed by atoms with Gasteiger partial charge in [0.2, 0.25) is 11.8 Å². The van der Waals surface area contributed by atoms with Crippen LogP contribution in [0.3, 0.4) is 0 Å². The molecule has 3 aromatic rings. The Morgan fingerprint density at radius 2 is 1.74 bits per heavy atom. The molecule has 0 aliphatic rings. The molecule has 1 heterocycles. The molecule has 0 aliphatic heterocycles. The molecule has 0 aliphatic carbocycles. The molecule has 1 N–H and O–H groups in total. The number of thioether (sulfide) groups is 1. The number of rotatable bonds is 8. The highest BCUT2D eigenvalue weighted by atomic mass is 32.2. The maximum absolute atomic E-state index is 13.5. The standard InChI is InChI=1S/C25H31N5O3S/c1-17(34-24-28-27-22(29(24)5)18-10-8-7-9-11-18)23(32)30(16-21(31)26-25(2,3)4)19-12-14-20(33-6)15-13-19/h7-15,17H,16H2,1-6H3,(H,26,31)/t17-/m1/s1. The highest BCUT2D eigenvalue weighted by Crippen LogP contribution is 2.28. The Labute approximate surface area is 204 Å². The van der Waals surface area contributed by atoms with Crippen LogP contribution >= 0.6 is 11.8 Å². The van der Waals surface area contributed by atoms with Gasteiger partial charge in [-0.15, -0.1) is 10.2 Å². The maximum atomic E-state index is 13.5. The van der Waals surface area contributed by atoms with Crippen molar-refractivity contribution in [2.75, 3.05) is 18.6 Å². The van der Waals surface area contributed by atoms with E-state index >= 15 is 0 Å². The minimum Gasteiger partial charge on any atom is -0.497 e. The number of anilines is 1. The SMILES string of the molecule is COc1ccc(N(CC(=O)NC(C)(C)C)C(=O)[C@@H](C)Sc2nnc(-c3ccccc3)n2C)cc1. The first-order valence-corrected chi connectivity index (χ1v) is 11.8. The van der Waals surface area contributed by atoms with Gasteiger partial charge in [0.1, 0.15) is 12.3 Å². The van der Waals surface area contributed by atoms with Gasteiger partial charge in [-0.2, -0.15) is 0 Å². The lowest BCUT2D eigenvalue weighted by molar-refractivity contribution is -0.124. The number of hydrogen-bond acceptors (Lipinski definition) is 6. The zero-order chi connectivity index (χ0) is 24.9. The van der Waals surface area contributed by atoms with Crippen molar-refractivity contribution in [1.82, 2.24) is 20.1 Å². The van der Waals surface area contributed by atoms with Crippen molar-refractivity contribution in [2.45, 2.75) is 43.6 Å². The van der Waals surface area contributed by atoms with Crippen molar-refractivity contribution in [2.24, 2.45) is 7.05 Å². The Morgan fingerprint density at radius 3 is 2.32 bits per heavy atom. The van der Waals surface area contributed by atoms with Gasteiger partial charge in [0.25, 0.3) is 0 Å². The summed E-state index contributed by atoms with van der Waals surface area (Å²) in [6.07, 6.45) is 0. The molecule has 1 atom stereocenters. The first kappa shape index (κ1) is 25.3. The molecule has 0 radical (unpaired) electrons. The summed E-state index contributed by atoms with van der Waals surface area (Å²) in [6.45, 7) is 7.42. The molecule has 0 unspecified atom stereocenters. The quantitative estimate of drug-likeness (QED) is 0.491. The number of amides is 2. The molecule has 2 amide bonds. The fraction of sp³-hybridized carbons (Fsp3) is 0.360. The van der Waals surface area contributed by atoms with E-state index in [1.807, 2.05) is 69.6 Å². The van der Waals surface area contributed by atoms with Gasteiger partial charge in [-0.3, -0.25) is 9.59 Å². The molecular weight excluding hydrogens is 450 g/mol. The molecular formula is C25H31N5O3S. The van der Waals surface area contributed by atoms with E-state index in [0.717, 1.165) is 11.4 Å². The Bertz CT molecular complexity index is 1120. The summed E-state index contributed by atoms with van der Waals surface area (Å²) in [4.78, 5) is 27.7. The molecule has 0 fully saturated rings. The molecule has 0 bridgehead atoms. The second-order valence-corrected chi connectivity index (χ2v) is 10.2. The lowest BCUT2D eigenvalue weighted by Crippen LogP contribution is -2.48. The van der Waals surface area contributed by atoms with Gasteiger partial charge in [-0.05, 0) is 52.0 Å². The van der Waals surface area contributed by atoms with Crippen LogP contribution in [0.4, 0.5) is 5.69 Å². The molecule has 1 aromatic heterocycles. The summed E-state index contributed by atoms with van der Waals surface area (Å²) >= 11 is 1.31.